The minimum atomic E-state index is -0.345. The van der Waals surface area contributed by atoms with E-state index >= 15 is 0 Å². The first kappa shape index (κ1) is 15.6. The number of hydrogen-bond acceptors (Lipinski definition) is 3. The summed E-state index contributed by atoms with van der Waals surface area (Å²) < 4.78 is 23.3. The molecule has 0 aliphatic carbocycles. The number of amides is 1. The highest BCUT2D eigenvalue weighted by atomic mass is 19.1. The molecule has 1 amide bonds. The molecule has 0 atom stereocenters. The van der Waals surface area contributed by atoms with Gasteiger partial charge in [0.1, 0.15) is 5.82 Å². The van der Waals surface area contributed by atoms with Gasteiger partial charge in [-0.05, 0) is 35.9 Å². The van der Waals surface area contributed by atoms with Crippen molar-refractivity contribution in [2.45, 2.75) is 0 Å². The molecular formula is C17H16FNO3. The van der Waals surface area contributed by atoms with E-state index in [1.807, 2.05) is 0 Å². The first-order chi connectivity index (χ1) is 10.6. The molecule has 0 heterocycles. The number of rotatable bonds is 5. The van der Waals surface area contributed by atoms with Gasteiger partial charge >= 0.3 is 0 Å². The van der Waals surface area contributed by atoms with Gasteiger partial charge in [0.25, 0.3) is 0 Å². The van der Waals surface area contributed by atoms with E-state index in [0.717, 1.165) is 0 Å². The van der Waals surface area contributed by atoms with Crippen molar-refractivity contribution in [3.8, 4) is 11.5 Å². The van der Waals surface area contributed by atoms with Crippen molar-refractivity contribution in [3.05, 3.63) is 59.9 Å². The number of carbonyl (C=O) groups is 1. The van der Waals surface area contributed by atoms with E-state index in [-0.39, 0.29) is 11.7 Å². The van der Waals surface area contributed by atoms with Crippen LogP contribution in [0.15, 0.2) is 48.5 Å². The van der Waals surface area contributed by atoms with Gasteiger partial charge in [0, 0.05) is 17.8 Å². The second kappa shape index (κ2) is 7.26. The Kier molecular flexibility index (Phi) is 5.14. The van der Waals surface area contributed by atoms with Gasteiger partial charge in [0.05, 0.1) is 14.2 Å². The van der Waals surface area contributed by atoms with Crippen LogP contribution in [0.2, 0.25) is 0 Å². The lowest BCUT2D eigenvalue weighted by Crippen LogP contribution is -2.07. The smallest absolute Gasteiger partial charge is 0.248 e. The molecule has 2 aromatic carbocycles. The molecule has 0 radical (unpaired) electrons. The molecule has 0 saturated heterocycles. The van der Waals surface area contributed by atoms with Gasteiger partial charge in [0.15, 0.2) is 11.5 Å². The third-order valence-electron chi connectivity index (χ3n) is 2.93. The van der Waals surface area contributed by atoms with Gasteiger partial charge in [-0.15, -0.1) is 0 Å². The molecule has 0 aliphatic heterocycles. The van der Waals surface area contributed by atoms with Crippen LogP contribution in [-0.2, 0) is 4.79 Å². The average Bonchev–Trinajstić information content (AvgIpc) is 2.53. The van der Waals surface area contributed by atoms with Crippen LogP contribution in [-0.4, -0.2) is 20.1 Å². The van der Waals surface area contributed by atoms with Crippen LogP contribution in [0.3, 0.4) is 0 Å². The maximum Gasteiger partial charge on any atom is 0.248 e. The van der Waals surface area contributed by atoms with Gasteiger partial charge in [-0.1, -0.05) is 12.1 Å². The average molecular weight is 301 g/mol. The molecule has 5 heteroatoms. The van der Waals surface area contributed by atoms with Gasteiger partial charge in [-0.25, -0.2) is 4.39 Å². The predicted octanol–water partition coefficient (Wildman–Crippen LogP) is 3.49. The zero-order valence-electron chi connectivity index (χ0n) is 12.3. The molecule has 2 rings (SSSR count). The molecule has 114 valence electrons. The van der Waals surface area contributed by atoms with E-state index < -0.39 is 0 Å². The number of carbonyl (C=O) groups excluding carboxylic acids is 1. The lowest BCUT2D eigenvalue weighted by Gasteiger charge is -2.09. The lowest BCUT2D eigenvalue weighted by molar-refractivity contribution is -0.111. The summed E-state index contributed by atoms with van der Waals surface area (Å²) in [5, 5.41) is 2.70. The van der Waals surface area contributed by atoms with Crippen molar-refractivity contribution in [1.29, 1.82) is 0 Å². The topological polar surface area (TPSA) is 47.6 Å². The van der Waals surface area contributed by atoms with Crippen LogP contribution in [0.25, 0.3) is 6.08 Å². The van der Waals surface area contributed by atoms with Crippen LogP contribution in [0.5, 0.6) is 11.5 Å². The first-order valence-electron chi connectivity index (χ1n) is 6.59. The molecule has 0 bridgehead atoms. The van der Waals surface area contributed by atoms with E-state index in [9.17, 15) is 9.18 Å². The number of halogens is 1. The van der Waals surface area contributed by atoms with Crippen molar-refractivity contribution < 1.29 is 18.7 Å². The van der Waals surface area contributed by atoms with Gasteiger partial charge in [-0.2, -0.15) is 0 Å². The summed E-state index contributed by atoms with van der Waals surface area (Å²) in [6.45, 7) is 0. The first-order valence-corrected chi connectivity index (χ1v) is 6.59. The highest BCUT2D eigenvalue weighted by Gasteiger charge is 2.05. The molecule has 2 aromatic rings. The lowest BCUT2D eigenvalue weighted by atomic mass is 10.2. The molecular weight excluding hydrogens is 285 g/mol. The second-order valence-electron chi connectivity index (χ2n) is 4.45. The fourth-order valence-electron chi connectivity index (χ4n) is 1.88. The minimum Gasteiger partial charge on any atom is -0.493 e. The third kappa shape index (κ3) is 4.09. The summed E-state index contributed by atoms with van der Waals surface area (Å²) in [6, 6.07) is 11.1. The summed E-state index contributed by atoms with van der Waals surface area (Å²) in [7, 11) is 3.06. The molecule has 0 spiro atoms. The number of anilines is 1. The highest BCUT2D eigenvalue weighted by molar-refractivity contribution is 6.02. The van der Waals surface area contributed by atoms with E-state index in [2.05, 4.69) is 5.32 Å². The van der Waals surface area contributed by atoms with E-state index in [1.165, 1.54) is 32.4 Å². The third-order valence-corrected chi connectivity index (χ3v) is 2.93. The number of benzene rings is 2. The van der Waals surface area contributed by atoms with Gasteiger partial charge in [-0.3, -0.25) is 4.79 Å². The quantitative estimate of drug-likeness (QED) is 0.860. The highest BCUT2D eigenvalue weighted by Crippen LogP contribution is 2.29. The Hall–Kier alpha value is -2.82. The fourth-order valence-corrected chi connectivity index (χ4v) is 1.88. The van der Waals surface area contributed by atoms with Crippen molar-refractivity contribution in [1.82, 2.24) is 0 Å². The van der Waals surface area contributed by atoms with E-state index in [0.29, 0.717) is 22.7 Å². The normalized spacial score (nSPS) is 10.5. The van der Waals surface area contributed by atoms with Crippen LogP contribution >= 0.6 is 0 Å². The van der Waals surface area contributed by atoms with Gasteiger partial charge in [0.2, 0.25) is 5.91 Å². The maximum atomic E-state index is 13.0. The van der Waals surface area contributed by atoms with Crippen molar-refractivity contribution in [2.24, 2.45) is 0 Å². The molecule has 0 fully saturated rings. The maximum absolute atomic E-state index is 13.0. The standard InChI is InChI=1S/C17H16FNO3/c1-21-15-8-7-14(11-16(15)22-2)19-17(20)9-6-12-4-3-5-13(18)10-12/h3-11H,1-2H3,(H,19,20)/b9-6+. The largest absolute Gasteiger partial charge is 0.493 e. The molecule has 0 aliphatic rings. The van der Waals surface area contributed by atoms with E-state index in [4.69, 9.17) is 9.47 Å². The zero-order chi connectivity index (χ0) is 15.9. The summed E-state index contributed by atoms with van der Waals surface area (Å²) in [4.78, 5) is 11.9. The molecule has 0 unspecified atom stereocenters. The molecule has 0 aromatic heterocycles. The van der Waals surface area contributed by atoms with Crippen molar-refractivity contribution in [3.63, 3.8) is 0 Å². The van der Waals surface area contributed by atoms with Crippen LogP contribution < -0.4 is 14.8 Å². The summed E-state index contributed by atoms with van der Waals surface area (Å²) >= 11 is 0. The number of hydrogen-bond donors (Lipinski definition) is 1. The number of methoxy groups -OCH3 is 2. The molecule has 0 saturated carbocycles. The van der Waals surface area contributed by atoms with Crippen LogP contribution in [0.1, 0.15) is 5.56 Å². The Balaban J connectivity index is 2.06. The minimum absolute atomic E-state index is 0.323. The number of ether oxygens (including phenoxy) is 2. The van der Waals surface area contributed by atoms with Crippen molar-refractivity contribution in [2.75, 3.05) is 19.5 Å². The van der Waals surface area contributed by atoms with Crippen molar-refractivity contribution >= 4 is 17.7 Å². The van der Waals surface area contributed by atoms with E-state index in [1.54, 1.807) is 36.4 Å². The number of nitrogens with one attached hydrogen (secondary N) is 1. The fraction of sp³-hybridized carbons (Fsp3) is 0.118. The zero-order valence-corrected chi connectivity index (χ0v) is 12.3. The van der Waals surface area contributed by atoms with Crippen LogP contribution in [0.4, 0.5) is 10.1 Å². The SMILES string of the molecule is COc1ccc(NC(=O)/C=C/c2cccc(F)c2)cc1OC. The van der Waals surface area contributed by atoms with Crippen LogP contribution in [0, 0.1) is 5.82 Å². The summed E-state index contributed by atoms with van der Waals surface area (Å²) in [5.41, 5.74) is 1.19. The Labute approximate surface area is 128 Å². The van der Waals surface area contributed by atoms with Gasteiger partial charge < -0.3 is 14.8 Å². The Bertz CT molecular complexity index is 698. The molecule has 22 heavy (non-hydrogen) atoms. The summed E-state index contributed by atoms with van der Waals surface area (Å²) in [5.74, 6) is 0.434. The Morgan fingerprint density at radius 3 is 2.55 bits per heavy atom. The Morgan fingerprint density at radius 1 is 1.09 bits per heavy atom. The predicted molar refractivity (Wildman–Crippen MR) is 83.6 cm³/mol. The molecule has 4 nitrogen and oxygen atoms in total. The second-order valence-corrected chi connectivity index (χ2v) is 4.45. The Morgan fingerprint density at radius 2 is 1.86 bits per heavy atom. The monoisotopic (exact) mass is 301 g/mol. The molecule has 1 N–H and O–H groups in total. The summed E-state index contributed by atoms with van der Waals surface area (Å²) in [6.07, 6.45) is 2.88.